The Kier molecular flexibility index (Phi) is 6.43. The maximum atomic E-state index is 13.5. The minimum Gasteiger partial charge on any atom is -0.495 e. The summed E-state index contributed by atoms with van der Waals surface area (Å²) in [6.07, 6.45) is 3.51. The van der Waals surface area contributed by atoms with Gasteiger partial charge < -0.3 is 15.0 Å². The van der Waals surface area contributed by atoms with Crippen molar-refractivity contribution in [3.63, 3.8) is 0 Å². The lowest BCUT2D eigenvalue weighted by atomic mass is 10.0. The number of anilines is 2. The van der Waals surface area contributed by atoms with Crippen molar-refractivity contribution in [2.75, 3.05) is 43.5 Å². The van der Waals surface area contributed by atoms with Gasteiger partial charge >= 0.3 is 0 Å². The predicted octanol–water partition coefficient (Wildman–Crippen LogP) is 3.30. The Morgan fingerprint density at radius 2 is 1.71 bits per heavy atom. The van der Waals surface area contributed by atoms with E-state index in [1.54, 1.807) is 19.5 Å². The van der Waals surface area contributed by atoms with Gasteiger partial charge in [0.05, 0.1) is 12.8 Å². The Bertz CT molecular complexity index is 1000. The van der Waals surface area contributed by atoms with Gasteiger partial charge in [0.2, 0.25) is 11.9 Å². The summed E-state index contributed by atoms with van der Waals surface area (Å²) in [5.41, 5.74) is 2.71. The molecule has 160 valence electrons. The van der Waals surface area contributed by atoms with Gasteiger partial charge in [-0.05, 0) is 36.2 Å². The predicted molar refractivity (Wildman–Crippen MR) is 121 cm³/mol. The molecule has 1 aliphatic rings. The molecule has 1 aromatic heterocycles. The van der Waals surface area contributed by atoms with E-state index in [0.29, 0.717) is 11.4 Å². The first-order valence-electron chi connectivity index (χ1n) is 10.4. The van der Waals surface area contributed by atoms with E-state index >= 15 is 0 Å². The summed E-state index contributed by atoms with van der Waals surface area (Å²) in [6.45, 7) is 4.98. The van der Waals surface area contributed by atoms with Gasteiger partial charge in [0.1, 0.15) is 11.8 Å². The summed E-state index contributed by atoms with van der Waals surface area (Å²) in [6, 6.07) is 17.1. The van der Waals surface area contributed by atoms with E-state index in [1.807, 2.05) is 61.5 Å². The number of piperazine rings is 1. The zero-order chi connectivity index (χ0) is 21.6. The average Bonchev–Trinajstić information content (AvgIpc) is 2.81. The van der Waals surface area contributed by atoms with E-state index in [0.717, 1.165) is 43.3 Å². The van der Waals surface area contributed by atoms with Gasteiger partial charge in [-0.25, -0.2) is 9.97 Å². The van der Waals surface area contributed by atoms with Crippen LogP contribution in [0.1, 0.15) is 17.2 Å². The number of nitrogens with one attached hydrogen (secondary N) is 1. The number of aryl methyl sites for hydroxylation is 1. The van der Waals surface area contributed by atoms with Gasteiger partial charge in [-0.15, -0.1) is 0 Å². The van der Waals surface area contributed by atoms with Crippen molar-refractivity contribution in [3.05, 3.63) is 78.1 Å². The number of hydrogen-bond donors (Lipinski definition) is 1. The highest BCUT2D eigenvalue weighted by Gasteiger charge is 2.31. The van der Waals surface area contributed by atoms with Crippen molar-refractivity contribution in [3.8, 4) is 5.75 Å². The van der Waals surface area contributed by atoms with Crippen molar-refractivity contribution < 1.29 is 9.53 Å². The van der Waals surface area contributed by atoms with E-state index in [9.17, 15) is 4.79 Å². The monoisotopic (exact) mass is 417 g/mol. The average molecular weight is 418 g/mol. The lowest BCUT2D eigenvalue weighted by Crippen LogP contribution is -2.50. The van der Waals surface area contributed by atoms with E-state index in [2.05, 4.69) is 25.1 Å². The Morgan fingerprint density at radius 3 is 2.39 bits per heavy atom. The van der Waals surface area contributed by atoms with E-state index in [1.165, 1.54) is 0 Å². The number of carbonyl (C=O) groups is 1. The van der Waals surface area contributed by atoms with E-state index in [-0.39, 0.29) is 5.91 Å². The number of amides is 1. The van der Waals surface area contributed by atoms with Gasteiger partial charge in [-0.1, -0.05) is 36.4 Å². The molecule has 1 atom stereocenters. The minimum absolute atomic E-state index is 0.0699. The molecule has 0 bridgehead atoms. The Labute approximate surface area is 182 Å². The summed E-state index contributed by atoms with van der Waals surface area (Å²) in [5, 5.41) is 3.10. The molecule has 1 saturated heterocycles. The molecule has 0 saturated carbocycles. The number of methoxy groups -OCH3 is 1. The van der Waals surface area contributed by atoms with Crippen molar-refractivity contribution in [2.24, 2.45) is 0 Å². The SMILES string of the molecule is COc1ccc(C)cc1NC(=O)C(c1ccccc1)N1CCN(c2ncccn2)CC1. The maximum absolute atomic E-state index is 13.5. The van der Waals surface area contributed by atoms with Crippen molar-refractivity contribution in [1.29, 1.82) is 0 Å². The van der Waals surface area contributed by atoms with Gasteiger partial charge in [-0.3, -0.25) is 9.69 Å². The van der Waals surface area contributed by atoms with Crippen LogP contribution in [0.3, 0.4) is 0 Å². The Morgan fingerprint density at radius 1 is 1.00 bits per heavy atom. The number of ether oxygens (including phenoxy) is 1. The zero-order valence-electron chi connectivity index (χ0n) is 17.9. The summed E-state index contributed by atoms with van der Waals surface area (Å²) in [4.78, 5) is 26.6. The second-order valence-electron chi connectivity index (χ2n) is 7.58. The van der Waals surface area contributed by atoms with Crippen LogP contribution in [-0.2, 0) is 4.79 Å². The van der Waals surface area contributed by atoms with Crippen LogP contribution in [0.25, 0.3) is 0 Å². The molecular formula is C24H27N5O2. The maximum Gasteiger partial charge on any atom is 0.246 e. The topological polar surface area (TPSA) is 70.6 Å². The molecule has 3 aromatic rings. The second kappa shape index (κ2) is 9.57. The van der Waals surface area contributed by atoms with Crippen LogP contribution in [0.15, 0.2) is 67.0 Å². The number of aromatic nitrogens is 2. The number of benzene rings is 2. The van der Waals surface area contributed by atoms with E-state index in [4.69, 9.17) is 4.74 Å². The highest BCUT2D eigenvalue weighted by atomic mass is 16.5. The quantitative estimate of drug-likeness (QED) is 0.664. The lowest BCUT2D eigenvalue weighted by Gasteiger charge is -2.38. The van der Waals surface area contributed by atoms with Crippen LogP contribution < -0.4 is 15.0 Å². The Balaban J connectivity index is 1.55. The van der Waals surface area contributed by atoms with Crippen molar-refractivity contribution in [1.82, 2.24) is 14.9 Å². The third kappa shape index (κ3) is 4.83. The van der Waals surface area contributed by atoms with Crippen molar-refractivity contribution >= 4 is 17.5 Å². The van der Waals surface area contributed by atoms with Crippen LogP contribution in [0.5, 0.6) is 5.75 Å². The van der Waals surface area contributed by atoms with Crippen molar-refractivity contribution in [2.45, 2.75) is 13.0 Å². The standard InChI is InChI=1S/C24H27N5O2/c1-18-9-10-21(31-2)20(17-18)27-23(30)22(19-7-4-3-5-8-19)28-13-15-29(16-14-28)24-25-11-6-12-26-24/h3-12,17,22H,13-16H2,1-2H3,(H,27,30). The molecule has 2 heterocycles. The fourth-order valence-electron chi connectivity index (χ4n) is 3.92. The first-order chi connectivity index (χ1) is 15.2. The number of nitrogens with zero attached hydrogens (tertiary/aromatic N) is 4. The summed E-state index contributed by atoms with van der Waals surface area (Å²) in [7, 11) is 1.61. The van der Waals surface area contributed by atoms with Crippen LogP contribution >= 0.6 is 0 Å². The molecular weight excluding hydrogens is 390 g/mol. The number of rotatable bonds is 6. The molecule has 1 aliphatic heterocycles. The molecule has 1 unspecified atom stereocenters. The molecule has 7 nitrogen and oxygen atoms in total. The molecule has 0 aliphatic carbocycles. The zero-order valence-corrected chi connectivity index (χ0v) is 17.9. The van der Waals surface area contributed by atoms with Gasteiger partial charge in [-0.2, -0.15) is 0 Å². The number of hydrogen-bond acceptors (Lipinski definition) is 6. The van der Waals surface area contributed by atoms with Crippen LogP contribution in [0.2, 0.25) is 0 Å². The molecule has 1 amide bonds. The highest BCUT2D eigenvalue weighted by Crippen LogP contribution is 2.29. The third-order valence-electron chi connectivity index (χ3n) is 5.49. The van der Waals surface area contributed by atoms with Gasteiger partial charge in [0.15, 0.2) is 0 Å². The molecule has 0 spiro atoms. The first-order valence-corrected chi connectivity index (χ1v) is 10.4. The van der Waals surface area contributed by atoms with Crippen LogP contribution in [0, 0.1) is 6.92 Å². The molecule has 1 fully saturated rings. The summed E-state index contributed by atoms with van der Waals surface area (Å²) in [5.74, 6) is 1.31. The normalized spacial score (nSPS) is 15.4. The molecule has 1 N–H and O–H groups in total. The molecule has 4 rings (SSSR count). The smallest absolute Gasteiger partial charge is 0.246 e. The molecule has 7 heteroatoms. The highest BCUT2D eigenvalue weighted by molar-refractivity contribution is 5.96. The minimum atomic E-state index is -0.398. The second-order valence-corrected chi connectivity index (χ2v) is 7.58. The third-order valence-corrected chi connectivity index (χ3v) is 5.49. The largest absolute Gasteiger partial charge is 0.495 e. The van der Waals surface area contributed by atoms with Crippen LogP contribution in [-0.4, -0.2) is 54.1 Å². The lowest BCUT2D eigenvalue weighted by molar-refractivity contribution is -0.121. The fourth-order valence-corrected chi connectivity index (χ4v) is 3.92. The van der Waals surface area contributed by atoms with E-state index < -0.39 is 6.04 Å². The molecule has 2 aromatic carbocycles. The summed E-state index contributed by atoms with van der Waals surface area (Å²) < 4.78 is 5.45. The fraction of sp³-hybridized carbons (Fsp3) is 0.292. The number of carbonyl (C=O) groups excluding carboxylic acids is 1. The molecule has 0 radical (unpaired) electrons. The van der Waals surface area contributed by atoms with Crippen LogP contribution in [0.4, 0.5) is 11.6 Å². The van der Waals surface area contributed by atoms with Gasteiger partial charge in [0.25, 0.3) is 0 Å². The summed E-state index contributed by atoms with van der Waals surface area (Å²) >= 11 is 0. The first kappa shape index (κ1) is 20.8. The molecule has 31 heavy (non-hydrogen) atoms. The van der Waals surface area contributed by atoms with Gasteiger partial charge in [0, 0.05) is 38.6 Å². The Hall–Kier alpha value is -3.45.